The van der Waals surface area contributed by atoms with Crippen molar-refractivity contribution in [3.63, 3.8) is 0 Å². The summed E-state index contributed by atoms with van der Waals surface area (Å²) in [5.74, 6) is 0.662. The maximum atomic E-state index is 11.8. The molecule has 0 atom stereocenters. The molecule has 0 saturated heterocycles. The number of ether oxygens (including phenoxy) is 3. The van der Waals surface area contributed by atoms with Gasteiger partial charge in [0.2, 0.25) is 0 Å². The molecule has 6 aromatic carbocycles. The van der Waals surface area contributed by atoms with Gasteiger partial charge in [-0.3, -0.25) is 0 Å². The van der Waals surface area contributed by atoms with Crippen LogP contribution >= 0.6 is 0 Å². The van der Waals surface area contributed by atoms with E-state index >= 15 is 0 Å². The van der Waals surface area contributed by atoms with Crippen LogP contribution in [0.15, 0.2) is 170 Å². The van der Waals surface area contributed by atoms with Crippen molar-refractivity contribution < 1.29 is 23.8 Å². The van der Waals surface area contributed by atoms with Crippen molar-refractivity contribution in [2.45, 2.75) is 40.5 Å². The first-order valence-electron chi connectivity index (χ1n) is 19.0. The number of anilines is 6. The van der Waals surface area contributed by atoms with Crippen molar-refractivity contribution in [3.8, 4) is 11.5 Å². The molecule has 0 spiro atoms. The standard InChI is InChI=1S/C50H48N2O5/c1-35(2)49(53)55-33-31-39-11-19-43(20-12-39)52(44-21-13-40(14-22-44)32-34-56-50(54)36(3)4)46-25-29-48(30-26-46)57-47-27-23-45(24-28-47)51(41-15-7-37(5)8-16-41)42-17-9-38(6)10-18-42/h7-30H,1,3,31-34H2,2,4-6H3. The summed E-state index contributed by atoms with van der Waals surface area (Å²) in [6, 6.07) is 49.6. The Morgan fingerprint density at radius 2 is 0.702 bits per heavy atom. The molecule has 0 heterocycles. The second-order valence-corrected chi connectivity index (χ2v) is 14.1. The van der Waals surface area contributed by atoms with E-state index in [2.05, 4.69) is 122 Å². The van der Waals surface area contributed by atoms with E-state index in [1.807, 2.05) is 60.7 Å². The Balaban J connectivity index is 1.20. The first-order valence-corrected chi connectivity index (χ1v) is 19.0. The zero-order valence-corrected chi connectivity index (χ0v) is 33.0. The number of esters is 2. The summed E-state index contributed by atoms with van der Waals surface area (Å²) in [5, 5.41) is 0. The van der Waals surface area contributed by atoms with Crippen LogP contribution in [-0.4, -0.2) is 25.2 Å². The fourth-order valence-corrected chi connectivity index (χ4v) is 6.14. The van der Waals surface area contributed by atoms with Gasteiger partial charge in [-0.2, -0.15) is 0 Å². The summed E-state index contributed by atoms with van der Waals surface area (Å²) >= 11 is 0. The number of carbonyl (C=O) groups is 2. The van der Waals surface area contributed by atoms with Gasteiger partial charge in [0, 0.05) is 58.1 Å². The van der Waals surface area contributed by atoms with Crippen LogP contribution in [0.25, 0.3) is 0 Å². The molecular weight excluding hydrogens is 709 g/mol. The van der Waals surface area contributed by atoms with Gasteiger partial charge >= 0.3 is 11.9 Å². The van der Waals surface area contributed by atoms with E-state index in [1.165, 1.54) is 11.1 Å². The summed E-state index contributed by atoms with van der Waals surface area (Å²) < 4.78 is 17.0. The minimum absolute atomic E-state index is 0.278. The van der Waals surface area contributed by atoms with Crippen LogP contribution in [0.3, 0.4) is 0 Å². The van der Waals surface area contributed by atoms with Crippen molar-refractivity contribution >= 4 is 46.1 Å². The van der Waals surface area contributed by atoms with E-state index in [1.54, 1.807) is 13.8 Å². The van der Waals surface area contributed by atoms with Gasteiger partial charge in [0.25, 0.3) is 0 Å². The summed E-state index contributed by atoms with van der Waals surface area (Å²) in [7, 11) is 0. The molecule has 0 aliphatic carbocycles. The summed E-state index contributed by atoms with van der Waals surface area (Å²) in [6.45, 7) is 15.3. The lowest BCUT2D eigenvalue weighted by atomic mass is 10.1. The van der Waals surface area contributed by atoms with E-state index in [0.29, 0.717) is 29.7 Å². The average molecular weight is 757 g/mol. The third-order valence-corrected chi connectivity index (χ3v) is 9.34. The van der Waals surface area contributed by atoms with E-state index in [0.717, 1.165) is 51.0 Å². The Labute approximate surface area is 336 Å². The molecule has 0 aromatic heterocycles. The lowest BCUT2D eigenvalue weighted by Crippen LogP contribution is -2.11. The maximum Gasteiger partial charge on any atom is 0.333 e. The molecule has 0 unspecified atom stereocenters. The molecule has 7 heteroatoms. The van der Waals surface area contributed by atoms with Gasteiger partial charge in [-0.1, -0.05) is 72.8 Å². The highest BCUT2D eigenvalue weighted by Gasteiger charge is 2.16. The SMILES string of the molecule is C=C(C)C(=O)OCCc1ccc(N(c2ccc(CCOC(=O)C(=C)C)cc2)c2ccc(Oc3ccc(N(c4ccc(C)cc4)c4ccc(C)cc4)cc3)cc2)cc1. The molecule has 288 valence electrons. The van der Waals surface area contributed by atoms with Crippen LogP contribution in [0.1, 0.15) is 36.1 Å². The molecule has 0 aliphatic rings. The number of nitrogens with zero attached hydrogens (tertiary/aromatic N) is 2. The van der Waals surface area contributed by atoms with Crippen molar-refractivity contribution in [2.24, 2.45) is 0 Å². The Bertz CT molecular complexity index is 2170. The zero-order valence-electron chi connectivity index (χ0n) is 33.0. The number of hydrogen-bond acceptors (Lipinski definition) is 7. The fraction of sp³-hybridized carbons (Fsp3) is 0.160. The van der Waals surface area contributed by atoms with Gasteiger partial charge in [-0.15, -0.1) is 0 Å². The van der Waals surface area contributed by atoms with Crippen LogP contribution < -0.4 is 14.5 Å². The van der Waals surface area contributed by atoms with Crippen molar-refractivity contribution in [1.29, 1.82) is 0 Å². The summed E-state index contributed by atoms with van der Waals surface area (Å²) in [6.07, 6.45) is 1.18. The van der Waals surface area contributed by atoms with Crippen LogP contribution in [0, 0.1) is 13.8 Å². The van der Waals surface area contributed by atoms with Crippen molar-refractivity contribution in [1.82, 2.24) is 0 Å². The molecule has 57 heavy (non-hydrogen) atoms. The van der Waals surface area contributed by atoms with Gasteiger partial charge in [0.15, 0.2) is 0 Å². The predicted octanol–water partition coefficient (Wildman–Crippen LogP) is 12.4. The first-order chi connectivity index (χ1) is 27.5. The van der Waals surface area contributed by atoms with Gasteiger partial charge < -0.3 is 24.0 Å². The highest BCUT2D eigenvalue weighted by Crippen LogP contribution is 2.38. The Kier molecular flexibility index (Phi) is 13.0. The van der Waals surface area contributed by atoms with E-state index in [-0.39, 0.29) is 25.2 Å². The topological polar surface area (TPSA) is 68.3 Å². The Hall–Kier alpha value is -6.86. The number of carbonyl (C=O) groups excluding carboxylic acids is 2. The van der Waals surface area contributed by atoms with Gasteiger partial charge in [0.05, 0.1) is 13.2 Å². The highest BCUT2D eigenvalue weighted by atomic mass is 16.5. The normalized spacial score (nSPS) is 10.7. The van der Waals surface area contributed by atoms with Crippen LogP contribution in [0.2, 0.25) is 0 Å². The minimum atomic E-state index is -0.387. The molecule has 0 radical (unpaired) electrons. The lowest BCUT2D eigenvalue weighted by molar-refractivity contribution is -0.139. The largest absolute Gasteiger partial charge is 0.462 e. The number of rotatable bonds is 16. The van der Waals surface area contributed by atoms with E-state index in [9.17, 15) is 9.59 Å². The molecule has 0 fully saturated rings. The maximum absolute atomic E-state index is 11.8. The Morgan fingerprint density at radius 3 is 0.982 bits per heavy atom. The summed E-state index contributed by atoms with van der Waals surface area (Å²) in [5.41, 5.74) is 11.3. The van der Waals surface area contributed by atoms with Crippen LogP contribution in [0.4, 0.5) is 34.1 Å². The third-order valence-electron chi connectivity index (χ3n) is 9.34. The number of aryl methyl sites for hydroxylation is 2. The number of hydrogen-bond donors (Lipinski definition) is 0. The second kappa shape index (κ2) is 18.7. The molecule has 0 N–H and O–H groups in total. The van der Waals surface area contributed by atoms with Crippen molar-refractivity contribution in [2.75, 3.05) is 23.0 Å². The van der Waals surface area contributed by atoms with Crippen LogP contribution in [0.5, 0.6) is 11.5 Å². The monoisotopic (exact) mass is 756 g/mol. The predicted molar refractivity (Wildman–Crippen MR) is 231 cm³/mol. The summed E-state index contributed by atoms with van der Waals surface area (Å²) in [4.78, 5) is 28.1. The third kappa shape index (κ3) is 10.7. The van der Waals surface area contributed by atoms with Gasteiger partial charge in [-0.05, 0) is 136 Å². The molecular formula is C50H48N2O5. The van der Waals surface area contributed by atoms with Crippen molar-refractivity contribution in [3.05, 3.63) is 192 Å². The fourth-order valence-electron chi connectivity index (χ4n) is 6.14. The number of benzene rings is 6. The zero-order chi connectivity index (χ0) is 40.3. The minimum Gasteiger partial charge on any atom is -0.462 e. The molecule has 7 nitrogen and oxygen atoms in total. The van der Waals surface area contributed by atoms with Crippen LogP contribution in [-0.2, 0) is 31.9 Å². The molecule has 6 rings (SSSR count). The quantitative estimate of drug-likeness (QED) is 0.0719. The molecule has 0 amide bonds. The molecule has 0 saturated carbocycles. The second-order valence-electron chi connectivity index (χ2n) is 14.1. The molecule has 6 aromatic rings. The lowest BCUT2D eigenvalue weighted by Gasteiger charge is -2.26. The Morgan fingerprint density at radius 1 is 0.439 bits per heavy atom. The first kappa shape index (κ1) is 39.8. The van der Waals surface area contributed by atoms with Gasteiger partial charge in [0.1, 0.15) is 11.5 Å². The van der Waals surface area contributed by atoms with E-state index < -0.39 is 0 Å². The van der Waals surface area contributed by atoms with Gasteiger partial charge in [-0.25, -0.2) is 9.59 Å². The molecule has 0 aliphatic heterocycles. The average Bonchev–Trinajstić information content (AvgIpc) is 3.21. The smallest absolute Gasteiger partial charge is 0.333 e. The molecule has 0 bridgehead atoms. The highest BCUT2D eigenvalue weighted by molar-refractivity contribution is 5.87. The van der Waals surface area contributed by atoms with E-state index in [4.69, 9.17) is 14.2 Å².